The molecule has 0 fully saturated rings. The van der Waals surface area contributed by atoms with E-state index in [1.54, 1.807) is 11.8 Å². The smallest absolute Gasteiger partial charge is 0.163 e. The minimum atomic E-state index is -0.493. The van der Waals surface area contributed by atoms with E-state index in [-0.39, 0.29) is 10.8 Å². The van der Waals surface area contributed by atoms with Crippen LogP contribution in [0.2, 0.25) is 5.02 Å². The highest BCUT2D eigenvalue weighted by Crippen LogP contribution is 2.17. The van der Waals surface area contributed by atoms with Gasteiger partial charge in [-0.25, -0.2) is 4.39 Å². The summed E-state index contributed by atoms with van der Waals surface area (Å²) in [7, 11) is 0. The Hall–Kier alpha value is -0.540. The molecule has 14 heavy (non-hydrogen) atoms. The minimum Gasteiger partial charge on any atom is -0.294 e. The number of carbonyl (C=O) groups is 1. The van der Waals surface area contributed by atoms with Crippen LogP contribution < -0.4 is 0 Å². The maximum atomic E-state index is 12.8. The zero-order valence-electron chi connectivity index (χ0n) is 7.72. The summed E-state index contributed by atoms with van der Waals surface area (Å²) < 4.78 is 12.8. The maximum absolute atomic E-state index is 12.8. The third-order valence-corrected chi connectivity index (χ3v) is 2.68. The molecular weight excluding hydrogens is 223 g/mol. The molecule has 76 valence electrons. The Bertz CT molecular complexity index is 341. The Morgan fingerprint density at radius 1 is 1.57 bits per heavy atom. The van der Waals surface area contributed by atoms with Gasteiger partial charge < -0.3 is 0 Å². The molecule has 0 radical (unpaired) electrons. The van der Waals surface area contributed by atoms with Gasteiger partial charge >= 0.3 is 0 Å². The predicted molar refractivity (Wildman–Crippen MR) is 58.7 cm³/mol. The van der Waals surface area contributed by atoms with Gasteiger partial charge in [-0.1, -0.05) is 11.6 Å². The van der Waals surface area contributed by atoms with Crippen LogP contribution in [0.3, 0.4) is 0 Å². The fraction of sp³-hybridized carbons (Fsp3) is 0.300. The lowest BCUT2D eigenvalue weighted by Gasteiger charge is -2.00. The Labute approximate surface area is 91.6 Å². The third kappa shape index (κ3) is 3.00. The van der Waals surface area contributed by atoms with Crippen molar-refractivity contribution in [2.24, 2.45) is 0 Å². The molecule has 0 saturated heterocycles. The van der Waals surface area contributed by atoms with Crippen molar-refractivity contribution in [1.29, 1.82) is 0 Å². The summed E-state index contributed by atoms with van der Waals surface area (Å²) in [5.41, 5.74) is 0.477. The van der Waals surface area contributed by atoms with Gasteiger partial charge in [0.05, 0.1) is 5.02 Å². The highest BCUT2D eigenvalue weighted by atomic mass is 35.5. The third-order valence-electron chi connectivity index (χ3n) is 1.77. The van der Waals surface area contributed by atoms with Gasteiger partial charge in [-0.2, -0.15) is 11.8 Å². The van der Waals surface area contributed by atoms with Crippen LogP contribution in [-0.2, 0) is 0 Å². The van der Waals surface area contributed by atoms with Crippen molar-refractivity contribution in [2.45, 2.75) is 6.42 Å². The van der Waals surface area contributed by atoms with Gasteiger partial charge in [0.1, 0.15) is 5.82 Å². The van der Waals surface area contributed by atoms with Gasteiger partial charge in [0.25, 0.3) is 0 Å². The summed E-state index contributed by atoms with van der Waals surface area (Å²) in [5, 5.41) is 0.00000142. The van der Waals surface area contributed by atoms with E-state index in [0.29, 0.717) is 12.0 Å². The highest BCUT2D eigenvalue weighted by molar-refractivity contribution is 7.98. The number of hydrogen-bond acceptors (Lipinski definition) is 2. The molecule has 0 saturated carbocycles. The first-order valence-corrected chi connectivity index (χ1v) is 5.89. The summed E-state index contributed by atoms with van der Waals surface area (Å²) >= 11 is 7.16. The molecule has 1 aromatic carbocycles. The van der Waals surface area contributed by atoms with Crippen LogP contribution in [0.25, 0.3) is 0 Å². The molecule has 0 bridgehead atoms. The van der Waals surface area contributed by atoms with E-state index in [0.717, 1.165) is 5.75 Å². The molecule has 0 atom stereocenters. The standard InChI is InChI=1S/C10H10ClFOS/c1-14-5-4-10(13)7-2-3-9(12)8(11)6-7/h2-3,6H,4-5H2,1H3. The highest BCUT2D eigenvalue weighted by Gasteiger charge is 2.07. The van der Waals surface area contributed by atoms with Crippen LogP contribution >= 0.6 is 23.4 Å². The molecular formula is C10H10ClFOS. The second-order valence-electron chi connectivity index (χ2n) is 2.79. The van der Waals surface area contributed by atoms with Crippen LogP contribution in [0, 0.1) is 5.82 Å². The summed E-state index contributed by atoms with van der Waals surface area (Å²) in [6.07, 6.45) is 2.40. The molecule has 0 unspecified atom stereocenters. The fourth-order valence-corrected chi connectivity index (χ4v) is 1.58. The number of halogens is 2. The number of carbonyl (C=O) groups excluding carboxylic acids is 1. The van der Waals surface area contributed by atoms with E-state index in [1.165, 1.54) is 18.2 Å². The molecule has 0 aliphatic heterocycles. The van der Waals surface area contributed by atoms with E-state index in [1.807, 2.05) is 6.26 Å². The van der Waals surface area contributed by atoms with Crippen LogP contribution in [0.15, 0.2) is 18.2 Å². The lowest BCUT2D eigenvalue weighted by atomic mass is 10.1. The zero-order valence-corrected chi connectivity index (χ0v) is 9.29. The van der Waals surface area contributed by atoms with Crippen molar-refractivity contribution in [3.05, 3.63) is 34.6 Å². The van der Waals surface area contributed by atoms with Gasteiger partial charge in [-0.3, -0.25) is 4.79 Å². The number of benzene rings is 1. The molecule has 4 heteroatoms. The molecule has 1 rings (SSSR count). The average molecular weight is 233 g/mol. The maximum Gasteiger partial charge on any atom is 0.163 e. The normalized spacial score (nSPS) is 10.2. The number of rotatable bonds is 4. The lowest BCUT2D eigenvalue weighted by molar-refractivity contribution is 0.0989. The van der Waals surface area contributed by atoms with Crippen molar-refractivity contribution in [1.82, 2.24) is 0 Å². The Kier molecular flexibility index (Phi) is 4.42. The molecule has 0 amide bonds. The van der Waals surface area contributed by atoms with Gasteiger partial charge in [-0.05, 0) is 24.5 Å². The Balaban J connectivity index is 2.76. The van der Waals surface area contributed by atoms with E-state index in [2.05, 4.69) is 0 Å². The van der Waals surface area contributed by atoms with Crippen molar-refractivity contribution in [3.8, 4) is 0 Å². The van der Waals surface area contributed by atoms with Gasteiger partial charge in [0, 0.05) is 17.7 Å². The second kappa shape index (κ2) is 5.37. The number of hydrogen-bond donors (Lipinski definition) is 0. The molecule has 0 heterocycles. The van der Waals surface area contributed by atoms with Crippen molar-refractivity contribution in [2.75, 3.05) is 12.0 Å². The molecule has 0 aromatic heterocycles. The zero-order chi connectivity index (χ0) is 10.6. The lowest BCUT2D eigenvalue weighted by Crippen LogP contribution is -2.00. The summed E-state index contributed by atoms with van der Waals surface area (Å²) in [5.74, 6) is 0.280. The molecule has 1 nitrogen and oxygen atoms in total. The molecule has 0 aliphatic rings. The minimum absolute atomic E-state index is 0.00000142. The van der Waals surface area contributed by atoms with Crippen LogP contribution in [0.4, 0.5) is 4.39 Å². The number of Topliss-reactive ketones (excluding diaryl/α,β-unsaturated/α-hetero) is 1. The first-order chi connectivity index (χ1) is 6.65. The number of ketones is 1. The van der Waals surface area contributed by atoms with Crippen LogP contribution in [-0.4, -0.2) is 17.8 Å². The Morgan fingerprint density at radius 3 is 2.86 bits per heavy atom. The fourth-order valence-electron chi connectivity index (χ4n) is 1.01. The van der Waals surface area contributed by atoms with E-state index >= 15 is 0 Å². The van der Waals surface area contributed by atoms with Gasteiger partial charge in [0.2, 0.25) is 0 Å². The summed E-state index contributed by atoms with van der Waals surface area (Å²) in [6.45, 7) is 0. The summed E-state index contributed by atoms with van der Waals surface area (Å²) in [6, 6.07) is 4.05. The largest absolute Gasteiger partial charge is 0.294 e. The van der Waals surface area contributed by atoms with Gasteiger partial charge in [-0.15, -0.1) is 0 Å². The quantitative estimate of drug-likeness (QED) is 0.740. The molecule has 0 N–H and O–H groups in total. The van der Waals surface area contributed by atoms with Crippen molar-refractivity contribution < 1.29 is 9.18 Å². The second-order valence-corrected chi connectivity index (χ2v) is 4.19. The first kappa shape index (κ1) is 11.5. The van der Waals surface area contributed by atoms with Gasteiger partial charge in [0.15, 0.2) is 5.78 Å². The first-order valence-electron chi connectivity index (χ1n) is 4.12. The molecule has 0 aliphatic carbocycles. The topological polar surface area (TPSA) is 17.1 Å². The van der Waals surface area contributed by atoms with E-state index in [4.69, 9.17) is 11.6 Å². The van der Waals surface area contributed by atoms with E-state index < -0.39 is 5.82 Å². The Morgan fingerprint density at radius 2 is 2.29 bits per heavy atom. The summed E-state index contributed by atoms with van der Waals surface area (Å²) in [4.78, 5) is 11.5. The predicted octanol–water partition coefficient (Wildman–Crippen LogP) is 3.41. The van der Waals surface area contributed by atoms with Crippen LogP contribution in [0.5, 0.6) is 0 Å². The van der Waals surface area contributed by atoms with Crippen molar-refractivity contribution >= 4 is 29.1 Å². The number of thioether (sulfide) groups is 1. The van der Waals surface area contributed by atoms with Crippen LogP contribution in [0.1, 0.15) is 16.8 Å². The molecule has 0 spiro atoms. The average Bonchev–Trinajstić information content (AvgIpc) is 2.18. The molecule has 1 aromatic rings. The van der Waals surface area contributed by atoms with Crippen molar-refractivity contribution in [3.63, 3.8) is 0 Å². The van der Waals surface area contributed by atoms with E-state index in [9.17, 15) is 9.18 Å². The SMILES string of the molecule is CSCCC(=O)c1ccc(F)c(Cl)c1. The monoisotopic (exact) mass is 232 g/mol.